The number of rotatable bonds is 6. The van der Waals surface area contributed by atoms with Crippen LogP contribution in [-0.4, -0.2) is 23.0 Å². The van der Waals surface area contributed by atoms with Crippen molar-refractivity contribution in [1.29, 1.82) is 0 Å². The smallest absolute Gasteiger partial charge is 0.302 e. The highest BCUT2D eigenvalue weighted by molar-refractivity contribution is 7.61. The summed E-state index contributed by atoms with van der Waals surface area (Å²) < 4.78 is 34.4. The number of phosphoric ester groups is 1. The highest BCUT2D eigenvalue weighted by Crippen LogP contribution is 2.60. The molecule has 0 saturated carbocycles. The molecule has 0 fully saturated rings. The van der Waals surface area contributed by atoms with Gasteiger partial charge in [0.15, 0.2) is 0 Å². The van der Waals surface area contributed by atoms with E-state index in [-0.39, 0.29) is 13.2 Å². The Morgan fingerprint density at radius 2 is 1.46 bits per heavy atom. The first-order valence-corrected chi connectivity index (χ1v) is 6.48. The summed E-state index contributed by atoms with van der Waals surface area (Å²) in [7, 11) is -8.96. The van der Waals surface area contributed by atoms with Gasteiger partial charge in [-0.1, -0.05) is 0 Å². The molecule has 80 valence electrons. The lowest BCUT2D eigenvalue weighted by Gasteiger charge is -2.15. The van der Waals surface area contributed by atoms with Crippen LogP contribution in [0.5, 0.6) is 0 Å². The minimum atomic E-state index is -4.86. The Morgan fingerprint density at radius 3 is 1.69 bits per heavy atom. The van der Waals surface area contributed by atoms with E-state index in [2.05, 4.69) is 13.4 Å². The zero-order chi connectivity index (χ0) is 10.5. The average Bonchev–Trinajstić information content (AvgIpc) is 1.82. The van der Waals surface area contributed by atoms with Crippen molar-refractivity contribution < 1.29 is 32.3 Å². The average molecular weight is 234 g/mol. The molecular formula is C4H12O7P2. The zero-order valence-corrected chi connectivity index (χ0v) is 9.03. The first-order chi connectivity index (χ1) is 5.83. The maximum Gasteiger partial charge on any atom is 0.483 e. The van der Waals surface area contributed by atoms with Crippen molar-refractivity contribution in [2.45, 2.75) is 13.8 Å². The van der Waals surface area contributed by atoms with Gasteiger partial charge in [0.1, 0.15) is 0 Å². The van der Waals surface area contributed by atoms with E-state index in [1.165, 1.54) is 13.8 Å². The fraction of sp³-hybridized carbons (Fsp3) is 1.00. The van der Waals surface area contributed by atoms with Crippen LogP contribution in [0.1, 0.15) is 13.8 Å². The van der Waals surface area contributed by atoms with E-state index in [9.17, 15) is 9.13 Å². The van der Waals surface area contributed by atoms with Crippen molar-refractivity contribution in [3.8, 4) is 0 Å². The fourth-order valence-corrected chi connectivity index (χ4v) is 2.66. The van der Waals surface area contributed by atoms with Gasteiger partial charge in [0.2, 0.25) is 0 Å². The van der Waals surface area contributed by atoms with Crippen LogP contribution in [0.25, 0.3) is 0 Å². The third-order valence-electron chi connectivity index (χ3n) is 0.781. The molecule has 0 bridgehead atoms. The number of hydrogen-bond donors (Lipinski definition) is 2. The summed E-state index contributed by atoms with van der Waals surface area (Å²) in [5.41, 5.74) is 0. The second kappa shape index (κ2) is 5.22. The molecule has 9 heteroatoms. The molecule has 0 rings (SSSR count). The molecule has 0 aliphatic rings. The van der Waals surface area contributed by atoms with Gasteiger partial charge in [0, 0.05) is 0 Å². The lowest BCUT2D eigenvalue weighted by atomic mass is 10.9. The van der Waals surface area contributed by atoms with Crippen LogP contribution < -0.4 is 0 Å². The molecule has 0 saturated heterocycles. The first kappa shape index (κ1) is 13.3. The van der Waals surface area contributed by atoms with Crippen molar-refractivity contribution in [2.75, 3.05) is 13.2 Å². The summed E-state index contributed by atoms with van der Waals surface area (Å²) in [6, 6.07) is 0. The molecule has 0 aliphatic heterocycles. The summed E-state index contributed by atoms with van der Waals surface area (Å²) in [5.74, 6) is 0. The van der Waals surface area contributed by atoms with Crippen molar-refractivity contribution in [2.24, 2.45) is 0 Å². The van der Waals surface area contributed by atoms with Gasteiger partial charge in [0.25, 0.3) is 0 Å². The van der Waals surface area contributed by atoms with Crippen LogP contribution in [0.2, 0.25) is 0 Å². The Hall–Kier alpha value is 0.260. The third-order valence-corrected chi connectivity index (χ3v) is 3.58. The van der Waals surface area contributed by atoms with Crippen LogP contribution in [0.4, 0.5) is 0 Å². The van der Waals surface area contributed by atoms with E-state index in [0.29, 0.717) is 0 Å². The van der Waals surface area contributed by atoms with Gasteiger partial charge in [-0.2, -0.15) is 4.31 Å². The Morgan fingerprint density at radius 1 is 1.08 bits per heavy atom. The lowest BCUT2D eigenvalue weighted by molar-refractivity contribution is 0.149. The van der Waals surface area contributed by atoms with E-state index >= 15 is 0 Å². The Balaban J connectivity index is 4.42. The number of hydrogen-bond acceptors (Lipinski definition) is 5. The summed E-state index contributed by atoms with van der Waals surface area (Å²) in [4.78, 5) is 16.7. The Labute approximate surface area is 75.9 Å². The Bertz CT molecular complexity index is 223. The maximum absolute atomic E-state index is 11.3. The molecule has 2 N–H and O–H groups in total. The molecule has 0 aromatic carbocycles. The van der Waals surface area contributed by atoms with E-state index in [0.717, 1.165) is 0 Å². The second-order valence-corrected chi connectivity index (χ2v) is 4.90. The van der Waals surface area contributed by atoms with Crippen LogP contribution in [-0.2, 0) is 22.5 Å². The normalized spacial score (nSPS) is 13.2. The van der Waals surface area contributed by atoms with Gasteiger partial charge in [-0.3, -0.25) is 9.05 Å². The quantitative estimate of drug-likeness (QED) is 0.667. The molecule has 0 amide bonds. The first-order valence-electron chi connectivity index (χ1n) is 3.49. The molecule has 7 nitrogen and oxygen atoms in total. The van der Waals surface area contributed by atoms with Crippen molar-refractivity contribution in [1.82, 2.24) is 0 Å². The van der Waals surface area contributed by atoms with E-state index in [4.69, 9.17) is 9.79 Å². The highest BCUT2D eigenvalue weighted by Gasteiger charge is 2.34. The Kier molecular flexibility index (Phi) is 5.32. The minimum absolute atomic E-state index is 0.0305. The maximum atomic E-state index is 11.3. The molecule has 13 heavy (non-hydrogen) atoms. The van der Waals surface area contributed by atoms with Crippen molar-refractivity contribution >= 4 is 15.6 Å². The summed E-state index contributed by atoms with van der Waals surface area (Å²) in [5, 5.41) is 0. The van der Waals surface area contributed by atoms with Crippen LogP contribution in [0.3, 0.4) is 0 Å². The monoisotopic (exact) mass is 234 g/mol. The molecule has 0 radical (unpaired) electrons. The molecule has 0 heterocycles. The molecular weight excluding hydrogens is 222 g/mol. The zero-order valence-electron chi connectivity index (χ0n) is 7.24. The van der Waals surface area contributed by atoms with Gasteiger partial charge in [0.05, 0.1) is 13.2 Å². The van der Waals surface area contributed by atoms with E-state index < -0.39 is 15.6 Å². The summed E-state index contributed by atoms with van der Waals surface area (Å²) in [6.07, 6.45) is 0. The number of phosphoric acid groups is 2. The van der Waals surface area contributed by atoms with Crippen LogP contribution >= 0.6 is 15.6 Å². The standard InChI is InChI=1S/C4H12O7P2/c1-3-9-13(8,10-4-2)11-12(5,6)7/h3-4H2,1-2H3,(H2,5,6,7). The third kappa shape index (κ3) is 6.35. The lowest BCUT2D eigenvalue weighted by Crippen LogP contribution is -1.98. The largest absolute Gasteiger partial charge is 0.483 e. The van der Waals surface area contributed by atoms with Crippen LogP contribution in [0, 0.1) is 0 Å². The molecule has 0 unspecified atom stereocenters. The molecule has 0 aliphatic carbocycles. The fourth-order valence-electron chi connectivity index (χ4n) is 0.531. The van der Waals surface area contributed by atoms with Crippen molar-refractivity contribution in [3.05, 3.63) is 0 Å². The predicted octanol–water partition coefficient (Wildman–Crippen LogP) is 1.28. The van der Waals surface area contributed by atoms with Crippen LogP contribution in [0.15, 0.2) is 0 Å². The minimum Gasteiger partial charge on any atom is -0.302 e. The molecule has 0 spiro atoms. The van der Waals surface area contributed by atoms with Gasteiger partial charge in [-0.05, 0) is 13.8 Å². The van der Waals surface area contributed by atoms with Gasteiger partial charge < -0.3 is 9.79 Å². The van der Waals surface area contributed by atoms with Gasteiger partial charge >= 0.3 is 15.6 Å². The summed E-state index contributed by atoms with van der Waals surface area (Å²) >= 11 is 0. The van der Waals surface area contributed by atoms with E-state index in [1.54, 1.807) is 0 Å². The molecule has 0 aromatic heterocycles. The second-order valence-electron chi connectivity index (χ2n) is 1.85. The SMILES string of the molecule is CCOP(=O)(OCC)OP(=O)(O)O. The van der Waals surface area contributed by atoms with Gasteiger partial charge in [-0.15, -0.1) is 0 Å². The highest BCUT2D eigenvalue weighted by atomic mass is 31.3. The molecule has 0 aromatic rings. The molecule has 0 atom stereocenters. The van der Waals surface area contributed by atoms with Gasteiger partial charge in [-0.25, -0.2) is 9.13 Å². The van der Waals surface area contributed by atoms with E-state index in [1.807, 2.05) is 0 Å². The van der Waals surface area contributed by atoms with Crippen molar-refractivity contribution in [3.63, 3.8) is 0 Å². The summed E-state index contributed by atoms with van der Waals surface area (Å²) in [6.45, 7) is 2.93. The topological polar surface area (TPSA) is 102 Å². The predicted molar refractivity (Wildman–Crippen MR) is 44.0 cm³/mol.